The average molecular weight is 520 g/mol. The molecule has 3 aliphatic heterocycles. The van der Waals surface area contributed by atoms with E-state index in [-0.39, 0.29) is 24.7 Å². The molecule has 4 rings (SSSR count). The molecule has 0 aromatic heterocycles. The van der Waals surface area contributed by atoms with Crippen molar-refractivity contribution in [3.63, 3.8) is 0 Å². The Morgan fingerprint density at radius 3 is 2.60 bits per heavy atom. The molecule has 0 atom stereocenters. The van der Waals surface area contributed by atoms with Gasteiger partial charge in [0.15, 0.2) is 11.5 Å². The third-order valence-electron chi connectivity index (χ3n) is 6.00. The van der Waals surface area contributed by atoms with Crippen molar-refractivity contribution >= 4 is 52.3 Å². The zero-order chi connectivity index (χ0) is 24.8. The first-order chi connectivity index (χ1) is 17.0. The first-order valence-corrected chi connectivity index (χ1v) is 13.0. The Morgan fingerprint density at radius 1 is 1.09 bits per heavy atom. The van der Waals surface area contributed by atoms with Crippen LogP contribution in [0.3, 0.4) is 0 Å². The zero-order valence-corrected chi connectivity index (χ0v) is 21.3. The van der Waals surface area contributed by atoms with Gasteiger partial charge in [0.1, 0.15) is 4.32 Å². The summed E-state index contributed by atoms with van der Waals surface area (Å²) in [5.74, 6) is 1.38. The molecule has 188 valence electrons. The number of amides is 3. The quantitative estimate of drug-likeness (QED) is 0.293. The lowest BCUT2D eigenvalue weighted by atomic mass is 10.1. The summed E-state index contributed by atoms with van der Waals surface area (Å²) in [4.78, 5) is 42.8. The van der Waals surface area contributed by atoms with Crippen molar-refractivity contribution in [1.82, 2.24) is 14.7 Å². The van der Waals surface area contributed by atoms with Gasteiger partial charge in [0, 0.05) is 39.1 Å². The number of hydrogen-bond acceptors (Lipinski definition) is 8. The number of benzene rings is 1. The summed E-state index contributed by atoms with van der Waals surface area (Å²) in [6.07, 6.45) is 4.31. The summed E-state index contributed by atoms with van der Waals surface area (Å²) in [6, 6.07) is 5.56. The van der Waals surface area contributed by atoms with Gasteiger partial charge in [-0.25, -0.2) is 4.79 Å². The SMILES string of the molecule is CCOC(=O)N1CCN(C(=O)CCCCCN2C(=O)/C(=C/c3ccc4c(c3)OCO4)SC2=S)CC1. The van der Waals surface area contributed by atoms with E-state index in [4.69, 9.17) is 26.4 Å². The molecule has 3 aliphatic rings. The summed E-state index contributed by atoms with van der Waals surface area (Å²) >= 11 is 6.73. The van der Waals surface area contributed by atoms with Crippen LogP contribution in [-0.2, 0) is 14.3 Å². The van der Waals surface area contributed by atoms with Crippen LogP contribution in [0.2, 0.25) is 0 Å². The number of thioether (sulfide) groups is 1. The molecule has 0 aliphatic carbocycles. The van der Waals surface area contributed by atoms with Crippen LogP contribution in [0.5, 0.6) is 11.5 Å². The molecule has 11 heteroatoms. The molecule has 1 aromatic carbocycles. The highest BCUT2D eigenvalue weighted by molar-refractivity contribution is 8.26. The lowest BCUT2D eigenvalue weighted by Crippen LogP contribution is -2.50. The van der Waals surface area contributed by atoms with Crippen molar-refractivity contribution in [1.29, 1.82) is 0 Å². The minimum absolute atomic E-state index is 0.0896. The second-order valence-corrected chi connectivity index (χ2v) is 10.00. The molecule has 2 saturated heterocycles. The van der Waals surface area contributed by atoms with Gasteiger partial charge in [0.2, 0.25) is 12.7 Å². The maximum absolute atomic E-state index is 12.8. The van der Waals surface area contributed by atoms with E-state index in [1.807, 2.05) is 24.3 Å². The van der Waals surface area contributed by atoms with Crippen molar-refractivity contribution in [2.75, 3.05) is 46.1 Å². The van der Waals surface area contributed by atoms with Crippen molar-refractivity contribution in [2.45, 2.75) is 32.6 Å². The molecule has 3 amide bonds. The maximum Gasteiger partial charge on any atom is 0.409 e. The largest absolute Gasteiger partial charge is 0.454 e. The fourth-order valence-electron chi connectivity index (χ4n) is 4.08. The lowest BCUT2D eigenvalue weighted by molar-refractivity contribution is -0.133. The number of fused-ring (bicyclic) bond motifs is 1. The number of unbranched alkanes of at least 4 members (excludes halogenated alkanes) is 2. The average Bonchev–Trinajstić information content (AvgIpc) is 3.43. The summed E-state index contributed by atoms with van der Waals surface area (Å²) in [6.45, 7) is 4.93. The highest BCUT2D eigenvalue weighted by Gasteiger charge is 2.31. The van der Waals surface area contributed by atoms with Gasteiger partial charge < -0.3 is 24.0 Å². The number of carbonyl (C=O) groups is 3. The first kappa shape index (κ1) is 25.3. The Balaban J connectivity index is 1.17. The molecule has 0 N–H and O–H groups in total. The summed E-state index contributed by atoms with van der Waals surface area (Å²) in [5.41, 5.74) is 0.858. The third kappa shape index (κ3) is 6.26. The fraction of sp³-hybridized carbons (Fsp3) is 0.500. The summed E-state index contributed by atoms with van der Waals surface area (Å²) in [5, 5.41) is 0. The molecule has 0 radical (unpaired) electrons. The molecular weight excluding hydrogens is 490 g/mol. The fourth-order valence-corrected chi connectivity index (χ4v) is 5.39. The van der Waals surface area contributed by atoms with E-state index in [0.717, 1.165) is 24.8 Å². The lowest BCUT2D eigenvalue weighted by Gasteiger charge is -2.34. The number of hydrogen-bond donors (Lipinski definition) is 0. The molecule has 0 spiro atoms. The summed E-state index contributed by atoms with van der Waals surface area (Å²) < 4.78 is 16.3. The van der Waals surface area contributed by atoms with Gasteiger partial charge in [-0.3, -0.25) is 14.5 Å². The monoisotopic (exact) mass is 519 g/mol. The second-order valence-electron chi connectivity index (χ2n) is 8.32. The number of rotatable bonds is 8. The van der Waals surface area contributed by atoms with Crippen LogP contribution in [0.1, 0.15) is 38.2 Å². The third-order valence-corrected chi connectivity index (χ3v) is 7.38. The van der Waals surface area contributed by atoms with E-state index in [9.17, 15) is 14.4 Å². The van der Waals surface area contributed by atoms with E-state index < -0.39 is 0 Å². The molecule has 0 unspecified atom stereocenters. The molecule has 1 aromatic rings. The van der Waals surface area contributed by atoms with E-state index >= 15 is 0 Å². The normalized spacial score (nSPS) is 18.5. The predicted molar refractivity (Wildman–Crippen MR) is 136 cm³/mol. The highest BCUT2D eigenvalue weighted by atomic mass is 32.2. The minimum atomic E-state index is -0.318. The van der Waals surface area contributed by atoms with Crippen LogP contribution in [0, 0.1) is 0 Å². The molecule has 9 nitrogen and oxygen atoms in total. The van der Waals surface area contributed by atoms with E-state index in [0.29, 0.717) is 66.5 Å². The van der Waals surface area contributed by atoms with E-state index in [2.05, 4.69) is 0 Å². The molecule has 0 bridgehead atoms. The molecule has 0 saturated carbocycles. The number of carbonyl (C=O) groups excluding carboxylic acids is 3. The van der Waals surface area contributed by atoms with Gasteiger partial charge >= 0.3 is 6.09 Å². The van der Waals surface area contributed by atoms with Gasteiger partial charge in [-0.2, -0.15) is 0 Å². The standard InChI is InChI=1S/C24H29N3O6S2/c1-2-31-23(30)26-12-10-25(11-13-26)21(28)6-4-3-5-9-27-22(29)20(35-24(27)34)15-17-7-8-18-19(14-17)33-16-32-18/h7-8,14-15H,2-6,9-13,16H2,1H3/b20-15-. The van der Waals surface area contributed by atoms with Gasteiger partial charge in [0.25, 0.3) is 5.91 Å². The van der Waals surface area contributed by atoms with Crippen LogP contribution in [0.25, 0.3) is 6.08 Å². The minimum Gasteiger partial charge on any atom is -0.454 e. The van der Waals surface area contributed by atoms with E-state index in [1.54, 1.807) is 21.6 Å². The molecule has 2 fully saturated rings. The Bertz CT molecular complexity index is 1020. The highest BCUT2D eigenvalue weighted by Crippen LogP contribution is 2.36. The van der Waals surface area contributed by atoms with Crippen molar-refractivity contribution < 1.29 is 28.6 Å². The van der Waals surface area contributed by atoms with Crippen molar-refractivity contribution in [3.05, 3.63) is 28.7 Å². The van der Waals surface area contributed by atoms with Crippen LogP contribution in [0.4, 0.5) is 4.79 Å². The van der Waals surface area contributed by atoms with Crippen LogP contribution in [0.15, 0.2) is 23.1 Å². The smallest absolute Gasteiger partial charge is 0.409 e. The topological polar surface area (TPSA) is 88.6 Å². The maximum atomic E-state index is 12.8. The number of piperazine rings is 1. The number of nitrogens with zero attached hydrogens (tertiary/aromatic N) is 3. The predicted octanol–water partition coefficient (Wildman–Crippen LogP) is 3.48. The molecule has 3 heterocycles. The zero-order valence-electron chi connectivity index (χ0n) is 19.7. The van der Waals surface area contributed by atoms with E-state index in [1.165, 1.54) is 11.8 Å². The van der Waals surface area contributed by atoms with Crippen LogP contribution in [-0.4, -0.2) is 83.1 Å². The molecular formula is C24H29N3O6S2. The number of ether oxygens (including phenoxy) is 3. The van der Waals surface area contributed by atoms with Gasteiger partial charge in [0.05, 0.1) is 11.5 Å². The van der Waals surface area contributed by atoms with Crippen LogP contribution >= 0.6 is 24.0 Å². The Hall–Kier alpha value is -2.79. The second kappa shape index (κ2) is 11.8. The Labute approximate surface area is 214 Å². The molecule has 35 heavy (non-hydrogen) atoms. The van der Waals surface area contributed by atoms with Crippen LogP contribution < -0.4 is 9.47 Å². The van der Waals surface area contributed by atoms with Gasteiger partial charge in [-0.15, -0.1) is 0 Å². The van der Waals surface area contributed by atoms with Crippen molar-refractivity contribution in [2.24, 2.45) is 0 Å². The Kier molecular flexibility index (Phi) is 8.50. The first-order valence-electron chi connectivity index (χ1n) is 11.8. The van der Waals surface area contributed by atoms with Crippen molar-refractivity contribution in [3.8, 4) is 11.5 Å². The number of thiocarbonyl (C=S) groups is 1. The summed E-state index contributed by atoms with van der Waals surface area (Å²) in [7, 11) is 0. The van der Waals surface area contributed by atoms with Gasteiger partial charge in [-0.05, 0) is 43.5 Å². The van der Waals surface area contributed by atoms with Gasteiger partial charge in [-0.1, -0.05) is 36.5 Å². The Morgan fingerprint density at radius 2 is 1.83 bits per heavy atom.